The van der Waals surface area contributed by atoms with Gasteiger partial charge in [0.05, 0.1) is 66.8 Å². The molecule has 664 valence electrons. The lowest BCUT2D eigenvalue weighted by molar-refractivity contribution is -0.894. The average Bonchev–Trinajstić information content (AvgIpc) is 0.750. The molecule has 0 saturated heterocycles. The van der Waals surface area contributed by atoms with Gasteiger partial charge in [-0.05, 0) is 243 Å². The van der Waals surface area contributed by atoms with E-state index < -0.39 is 81.1 Å². The topological polar surface area (TPSA) is 261 Å². The fraction of sp³-hybridized carbons (Fsp3) is 0.522. The van der Waals surface area contributed by atoms with Gasteiger partial charge in [0, 0.05) is 24.3 Å². The lowest BCUT2D eigenvalue weighted by Gasteiger charge is -2.56. The number of nitrogens with one attached hydrogen (secondary N) is 1. The summed E-state index contributed by atoms with van der Waals surface area (Å²) >= 11 is 0. The fourth-order valence-corrected chi connectivity index (χ4v) is 22.6. The third-order valence-corrected chi connectivity index (χ3v) is 27.5. The first-order chi connectivity index (χ1) is 53.8. The van der Waals surface area contributed by atoms with Crippen LogP contribution in [0.5, 0.6) is 11.5 Å². The summed E-state index contributed by atoms with van der Waals surface area (Å²) in [6.07, 6.45) is 16.9. The summed E-state index contributed by atoms with van der Waals surface area (Å²) in [5, 5.41) is -10.3. The Balaban J connectivity index is 0.000000514. The largest absolute Gasteiger partial charge is 0.743 e. The molecule has 0 spiro atoms. The molecule has 0 amide bonds. The number of aryl methyl sites for hydroxylation is 4. The molecule has 14 rings (SSSR count). The van der Waals surface area contributed by atoms with E-state index in [2.05, 4.69) is 217 Å². The second kappa shape index (κ2) is 49.9. The molecule has 0 unspecified atom stereocenters. The van der Waals surface area contributed by atoms with Crippen molar-refractivity contribution in [2.45, 2.75) is 223 Å². The van der Waals surface area contributed by atoms with E-state index in [0.29, 0.717) is 61.9 Å². The normalized spacial score (nSPS) is 19.9. The quantitative estimate of drug-likeness (QED) is 0.00763. The van der Waals surface area contributed by atoms with Crippen LogP contribution in [0, 0.1) is 74.0 Å². The molecule has 0 heterocycles. The maximum absolute atomic E-state index is 12.9. The molecule has 8 aliphatic rings. The Morgan fingerprint density at radius 1 is 0.412 bits per heavy atom. The SMILES string of the molecule is C.C.C.C.C.C.C=COCCOc1c(C)cc([S+](c2ccccc2)c2ccccc2)cc1C.C=COCCOc1c(C)cc([S+](c2ccccc2)c2ccccc2)cc1C.CC[NH+](CC)CC.O=C(CC12CC3CC(CC(C3)C1)C2)OCCOC(=O)C(F)(F)S(=O)(=O)[O-].O=C(CC12CC3CC(CC(C3)C1)C2)OCCOC(=O)C(F)(F)S(=O)(=O)[O-]. The predicted octanol–water partition coefficient (Wildman–Crippen LogP) is 19.3. The zero-order valence-electron chi connectivity index (χ0n) is 65.6. The minimum Gasteiger partial charge on any atom is -0.743 e. The molecule has 1 N–H and O–H groups in total. The summed E-state index contributed by atoms with van der Waals surface area (Å²) in [6.45, 7) is 25.6. The molecule has 8 fully saturated rings. The van der Waals surface area contributed by atoms with Crippen LogP contribution in [0.15, 0.2) is 201 Å². The second-order valence-corrected chi connectivity index (χ2v) is 37.0. The van der Waals surface area contributed by atoms with Gasteiger partial charge in [0.25, 0.3) is 0 Å². The molecule has 119 heavy (non-hydrogen) atoms. The summed E-state index contributed by atoms with van der Waals surface area (Å²) < 4.78 is 154. The van der Waals surface area contributed by atoms with Crippen LogP contribution in [-0.4, -0.2) is 133 Å². The molecule has 0 atom stereocenters. The van der Waals surface area contributed by atoms with Gasteiger partial charge >= 0.3 is 34.4 Å². The number of esters is 4. The van der Waals surface area contributed by atoms with Crippen LogP contribution in [0.4, 0.5) is 17.6 Å². The van der Waals surface area contributed by atoms with E-state index in [4.69, 9.17) is 28.4 Å². The Morgan fingerprint density at radius 3 is 0.857 bits per heavy atom. The van der Waals surface area contributed by atoms with Crippen LogP contribution in [0.2, 0.25) is 0 Å². The number of halogens is 4. The van der Waals surface area contributed by atoms with Crippen LogP contribution in [0.3, 0.4) is 0 Å². The van der Waals surface area contributed by atoms with Crippen molar-refractivity contribution in [1.29, 1.82) is 0 Å². The molecule has 19 nitrogen and oxygen atoms in total. The molecule has 8 saturated carbocycles. The monoisotopic (exact) mass is 1740 g/mol. The molecule has 0 radical (unpaired) electrons. The smallest absolute Gasteiger partial charge is 0.428 e. The van der Waals surface area contributed by atoms with Crippen molar-refractivity contribution in [3.05, 3.63) is 194 Å². The molecular weight excluding hydrogens is 1610 g/mol. The van der Waals surface area contributed by atoms with Gasteiger partial charge in [-0.15, -0.1) is 0 Å². The van der Waals surface area contributed by atoms with Crippen molar-refractivity contribution >= 4 is 65.9 Å². The van der Waals surface area contributed by atoms with E-state index in [1.165, 1.54) is 100 Å². The van der Waals surface area contributed by atoms with Crippen LogP contribution in [0.25, 0.3) is 0 Å². The minimum absolute atomic E-state index is 0. The van der Waals surface area contributed by atoms with Crippen molar-refractivity contribution in [2.24, 2.45) is 46.3 Å². The molecule has 27 heteroatoms. The first kappa shape index (κ1) is 107. The van der Waals surface area contributed by atoms with E-state index in [1.807, 2.05) is 0 Å². The van der Waals surface area contributed by atoms with Crippen molar-refractivity contribution in [2.75, 3.05) is 72.5 Å². The van der Waals surface area contributed by atoms with Crippen molar-refractivity contribution in [3.63, 3.8) is 0 Å². The summed E-state index contributed by atoms with van der Waals surface area (Å²) in [5.41, 5.74) is 4.51. The zero-order chi connectivity index (χ0) is 82.2. The molecule has 6 aromatic rings. The van der Waals surface area contributed by atoms with Crippen molar-refractivity contribution < 1.29 is 105 Å². The van der Waals surface area contributed by atoms with Gasteiger partial charge in [-0.3, -0.25) is 9.59 Å². The summed E-state index contributed by atoms with van der Waals surface area (Å²) in [4.78, 5) is 55.6. The third-order valence-electron chi connectivity index (χ3n) is 21.5. The molecule has 0 aliphatic heterocycles. The lowest BCUT2D eigenvalue weighted by Crippen LogP contribution is -3.11. The number of benzene rings is 6. The van der Waals surface area contributed by atoms with Gasteiger partial charge in [-0.25, -0.2) is 26.4 Å². The number of hydrogen-bond acceptors (Lipinski definition) is 18. The van der Waals surface area contributed by atoms with Gasteiger partial charge in [0.2, 0.25) is 0 Å². The molecule has 8 bridgehead atoms. The van der Waals surface area contributed by atoms with Crippen LogP contribution >= 0.6 is 0 Å². The maximum atomic E-state index is 12.9. The Hall–Kier alpha value is -7.92. The number of quaternary nitrogens is 1. The molecule has 6 aromatic carbocycles. The average molecular weight is 1740 g/mol. The molecular formula is C92H132F4NO18S4+. The molecule has 8 aliphatic carbocycles. The number of carbonyl (C=O) groups excluding carboxylic acids is 4. The lowest BCUT2D eigenvalue weighted by atomic mass is 9.49. The number of hydrogen-bond donors (Lipinski definition) is 1. The number of ether oxygens (including phenoxy) is 8. The Kier molecular flexibility index (Phi) is 44.9. The minimum atomic E-state index is -6.15. The van der Waals surface area contributed by atoms with Gasteiger partial charge < -0.3 is 51.9 Å². The van der Waals surface area contributed by atoms with E-state index in [0.717, 1.165) is 72.3 Å². The highest BCUT2D eigenvalue weighted by atomic mass is 32.2. The van der Waals surface area contributed by atoms with E-state index in [-0.39, 0.29) is 90.0 Å². The molecule has 0 aromatic heterocycles. The highest BCUT2D eigenvalue weighted by Gasteiger charge is 2.54. The van der Waals surface area contributed by atoms with Crippen molar-refractivity contribution in [3.8, 4) is 11.5 Å². The third kappa shape index (κ3) is 30.3. The zero-order valence-corrected chi connectivity index (χ0v) is 68.8. The van der Waals surface area contributed by atoms with E-state index >= 15 is 0 Å². The number of rotatable bonds is 33. The standard InChI is InChI=1S/2C24H25O2S.2C16H22F2O7S.C6H15N.6CH4/c2*1-4-25-15-16-26-24-19(2)17-23(18-20(24)3)27(21-11-7-5-8-12-21)22-13-9-6-10-14-22;2*17-16(18,26(21,22)23)14(20)25-2-1-24-13(19)9-15-6-10-3-11(7-15)5-12(4-10)8-15;1-4-7(5-2)6-3;;;;;;/h2*4-14,17-18H,1,15-16H2,2-3H3;2*10-12H,1-9H2,(H,21,22,23);4-6H2,1-3H3;6*1H4/q2*+1;;;;;;;;;/p-1. The summed E-state index contributed by atoms with van der Waals surface area (Å²) in [6, 6.07) is 51.8. The van der Waals surface area contributed by atoms with Crippen LogP contribution in [-0.2, 0) is 89.6 Å². The summed E-state index contributed by atoms with van der Waals surface area (Å²) in [7, 11) is -12.6. The number of carbonyl (C=O) groups is 4. The van der Waals surface area contributed by atoms with E-state index in [9.17, 15) is 62.7 Å². The van der Waals surface area contributed by atoms with Crippen LogP contribution in [0.1, 0.15) is 177 Å². The number of alkyl halides is 4. The predicted molar refractivity (Wildman–Crippen MR) is 462 cm³/mol. The maximum Gasteiger partial charge on any atom is 0.428 e. The van der Waals surface area contributed by atoms with Crippen LogP contribution < -0.4 is 14.4 Å². The Labute approximate surface area is 713 Å². The highest BCUT2D eigenvalue weighted by molar-refractivity contribution is 7.97. The summed E-state index contributed by atoms with van der Waals surface area (Å²) in [5.74, 6) is 0.0199. The second-order valence-electron chi connectivity index (χ2n) is 30.1. The van der Waals surface area contributed by atoms with Gasteiger partial charge in [0.15, 0.2) is 49.6 Å². The van der Waals surface area contributed by atoms with Gasteiger partial charge in [-0.1, -0.05) is 131 Å². The Bertz CT molecular complexity index is 3860. The Morgan fingerprint density at radius 2 is 0.647 bits per heavy atom. The van der Waals surface area contributed by atoms with Crippen molar-refractivity contribution in [1.82, 2.24) is 0 Å². The van der Waals surface area contributed by atoms with Gasteiger partial charge in [-0.2, -0.15) is 17.6 Å². The van der Waals surface area contributed by atoms with Gasteiger partial charge in [0.1, 0.15) is 64.4 Å². The van der Waals surface area contributed by atoms with E-state index in [1.54, 1.807) is 4.90 Å². The fourth-order valence-electron chi connectivity index (χ4n) is 17.5. The first-order valence-corrected chi connectivity index (χ1v) is 43.8. The highest BCUT2D eigenvalue weighted by Crippen LogP contribution is 2.63. The first-order valence-electron chi connectivity index (χ1n) is 38.5.